The Morgan fingerprint density at radius 2 is 1.75 bits per heavy atom. The maximum atomic E-state index is 12.3. The van der Waals surface area contributed by atoms with Crippen LogP contribution in [0.2, 0.25) is 0 Å². The normalized spacial score (nSPS) is 12.3. The third-order valence-corrected chi connectivity index (χ3v) is 4.46. The minimum Gasteiger partial charge on any atom is -0.207 e. The predicted molar refractivity (Wildman–Crippen MR) is 65.8 cm³/mol. The van der Waals surface area contributed by atoms with Gasteiger partial charge in [-0.3, -0.25) is 0 Å². The summed E-state index contributed by atoms with van der Waals surface area (Å²) < 4.78 is 26.1. The Balaban J connectivity index is 3.09. The smallest absolute Gasteiger partial charge is 0.207 e. The summed E-state index contributed by atoms with van der Waals surface area (Å²) in [6, 6.07) is 8.58. The molecule has 0 bridgehead atoms. The molecule has 0 saturated heterocycles. The second kappa shape index (κ2) is 5.46. The van der Waals surface area contributed by atoms with E-state index in [0.29, 0.717) is 11.4 Å². The van der Waals surface area contributed by atoms with Crippen LogP contribution in [0.1, 0.15) is 27.2 Å². The highest BCUT2D eigenvalue weighted by Crippen LogP contribution is 2.17. The lowest BCUT2D eigenvalue weighted by molar-refractivity contribution is 0.354. The van der Waals surface area contributed by atoms with Crippen molar-refractivity contribution in [1.29, 1.82) is 0 Å². The summed E-state index contributed by atoms with van der Waals surface area (Å²) in [6.07, 6.45) is 0.824. The monoisotopic (exact) mass is 241 g/mol. The lowest BCUT2D eigenvalue weighted by Gasteiger charge is -2.25. The van der Waals surface area contributed by atoms with Crippen molar-refractivity contribution in [2.45, 2.75) is 38.1 Å². The molecule has 90 valence electrons. The van der Waals surface area contributed by atoms with Gasteiger partial charge in [0, 0.05) is 12.6 Å². The fourth-order valence-electron chi connectivity index (χ4n) is 1.60. The molecule has 0 amide bonds. The van der Waals surface area contributed by atoms with Gasteiger partial charge in [-0.25, -0.2) is 8.42 Å². The number of hydrogen-bond acceptors (Lipinski definition) is 2. The lowest BCUT2D eigenvalue weighted by Crippen LogP contribution is -2.37. The van der Waals surface area contributed by atoms with E-state index < -0.39 is 10.0 Å². The Bertz CT molecular complexity index is 412. The van der Waals surface area contributed by atoms with E-state index in [4.69, 9.17) is 0 Å². The SMILES string of the molecule is CCCN(C(C)C)S(=O)(=O)c1ccccc1. The van der Waals surface area contributed by atoms with Crippen LogP contribution >= 0.6 is 0 Å². The summed E-state index contributed by atoms with van der Waals surface area (Å²) in [5.41, 5.74) is 0. The predicted octanol–water partition coefficient (Wildman–Crippen LogP) is 2.50. The molecule has 0 aromatic heterocycles. The third kappa shape index (κ3) is 2.83. The van der Waals surface area contributed by atoms with Gasteiger partial charge in [0.1, 0.15) is 0 Å². The van der Waals surface area contributed by atoms with Gasteiger partial charge < -0.3 is 0 Å². The molecule has 0 aliphatic heterocycles. The molecule has 0 aliphatic carbocycles. The second-order valence-electron chi connectivity index (χ2n) is 4.02. The molecule has 1 aromatic rings. The van der Waals surface area contributed by atoms with Crippen molar-refractivity contribution in [2.75, 3.05) is 6.54 Å². The largest absolute Gasteiger partial charge is 0.243 e. The molecular formula is C12H19NO2S. The highest BCUT2D eigenvalue weighted by Gasteiger charge is 2.25. The first-order valence-corrected chi connectivity index (χ1v) is 7.01. The quantitative estimate of drug-likeness (QED) is 0.794. The van der Waals surface area contributed by atoms with Crippen LogP contribution in [0.5, 0.6) is 0 Å². The molecule has 0 N–H and O–H groups in total. The van der Waals surface area contributed by atoms with E-state index in [1.807, 2.05) is 26.8 Å². The molecule has 0 heterocycles. The van der Waals surface area contributed by atoms with Crippen LogP contribution in [-0.4, -0.2) is 25.3 Å². The van der Waals surface area contributed by atoms with Crippen molar-refractivity contribution in [1.82, 2.24) is 4.31 Å². The van der Waals surface area contributed by atoms with Crippen LogP contribution in [0.3, 0.4) is 0 Å². The summed E-state index contributed by atoms with van der Waals surface area (Å²) in [5, 5.41) is 0. The first kappa shape index (κ1) is 13.2. The number of nitrogens with zero attached hydrogens (tertiary/aromatic N) is 1. The van der Waals surface area contributed by atoms with Gasteiger partial charge in [-0.15, -0.1) is 0 Å². The van der Waals surface area contributed by atoms with Gasteiger partial charge in [0.05, 0.1) is 4.90 Å². The second-order valence-corrected chi connectivity index (χ2v) is 5.91. The maximum Gasteiger partial charge on any atom is 0.243 e. The number of rotatable bonds is 5. The van der Waals surface area contributed by atoms with Gasteiger partial charge in [-0.2, -0.15) is 4.31 Å². The van der Waals surface area contributed by atoms with Crippen molar-refractivity contribution in [3.8, 4) is 0 Å². The number of benzene rings is 1. The highest BCUT2D eigenvalue weighted by atomic mass is 32.2. The topological polar surface area (TPSA) is 37.4 Å². The van der Waals surface area contributed by atoms with Gasteiger partial charge >= 0.3 is 0 Å². The molecule has 0 spiro atoms. The highest BCUT2D eigenvalue weighted by molar-refractivity contribution is 7.89. The summed E-state index contributed by atoms with van der Waals surface area (Å²) in [4.78, 5) is 0.372. The first-order chi connectivity index (χ1) is 7.50. The molecule has 3 nitrogen and oxygen atoms in total. The first-order valence-electron chi connectivity index (χ1n) is 5.57. The Kier molecular flexibility index (Phi) is 4.50. The van der Waals surface area contributed by atoms with Crippen LogP contribution < -0.4 is 0 Å². The number of hydrogen-bond donors (Lipinski definition) is 0. The molecular weight excluding hydrogens is 222 g/mol. The third-order valence-electron chi connectivity index (χ3n) is 2.37. The molecule has 4 heteroatoms. The van der Waals surface area contributed by atoms with Gasteiger partial charge in [-0.1, -0.05) is 25.1 Å². The van der Waals surface area contributed by atoms with E-state index in [-0.39, 0.29) is 6.04 Å². The molecule has 0 atom stereocenters. The Morgan fingerprint density at radius 1 is 1.19 bits per heavy atom. The van der Waals surface area contributed by atoms with Crippen molar-refractivity contribution >= 4 is 10.0 Å². The lowest BCUT2D eigenvalue weighted by atomic mass is 10.4. The molecule has 1 aromatic carbocycles. The van der Waals surface area contributed by atoms with E-state index in [1.54, 1.807) is 28.6 Å². The Morgan fingerprint density at radius 3 is 2.19 bits per heavy atom. The fourth-order valence-corrected chi connectivity index (χ4v) is 3.35. The Hall–Kier alpha value is -0.870. The molecule has 0 fully saturated rings. The van der Waals surface area contributed by atoms with Gasteiger partial charge in [-0.05, 0) is 32.4 Å². The fraction of sp³-hybridized carbons (Fsp3) is 0.500. The van der Waals surface area contributed by atoms with E-state index in [2.05, 4.69) is 0 Å². The molecule has 1 rings (SSSR count). The average Bonchev–Trinajstić information content (AvgIpc) is 2.26. The van der Waals surface area contributed by atoms with Crippen LogP contribution in [0.15, 0.2) is 35.2 Å². The summed E-state index contributed by atoms with van der Waals surface area (Å²) in [7, 11) is -3.33. The van der Waals surface area contributed by atoms with Crippen LogP contribution in [-0.2, 0) is 10.0 Å². The molecule has 0 saturated carbocycles. The maximum absolute atomic E-state index is 12.3. The van der Waals surface area contributed by atoms with Crippen molar-refractivity contribution < 1.29 is 8.42 Å². The molecule has 0 unspecified atom stereocenters. The average molecular weight is 241 g/mol. The van der Waals surface area contributed by atoms with Crippen molar-refractivity contribution in [2.24, 2.45) is 0 Å². The van der Waals surface area contributed by atoms with Crippen LogP contribution in [0.25, 0.3) is 0 Å². The zero-order valence-corrected chi connectivity index (χ0v) is 10.9. The summed E-state index contributed by atoms with van der Waals surface area (Å²) >= 11 is 0. The summed E-state index contributed by atoms with van der Waals surface area (Å²) in [5.74, 6) is 0. The van der Waals surface area contributed by atoms with Gasteiger partial charge in [0.15, 0.2) is 0 Å². The minimum atomic E-state index is -3.33. The molecule has 0 radical (unpaired) electrons. The van der Waals surface area contributed by atoms with Crippen LogP contribution in [0.4, 0.5) is 0 Å². The van der Waals surface area contributed by atoms with Crippen LogP contribution in [0, 0.1) is 0 Å². The standard InChI is InChI=1S/C12H19NO2S/c1-4-10-13(11(2)3)16(14,15)12-8-6-5-7-9-12/h5-9,11H,4,10H2,1-3H3. The van der Waals surface area contributed by atoms with Crippen molar-refractivity contribution in [3.63, 3.8) is 0 Å². The van der Waals surface area contributed by atoms with E-state index in [0.717, 1.165) is 6.42 Å². The van der Waals surface area contributed by atoms with E-state index >= 15 is 0 Å². The zero-order valence-electron chi connectivity index (χ0n) is 10.1. The van der Waals surface area contributed by atoms with Gasteiger partial charge in [0.2, 0.25) is 10.0 Å². The van der Waals surface area contributed by atoms with E-state index in [1.165, 1.54) is 0 Å². The van der Waals surface area contributed by atoms with Crippen molar-refractivity contribution in [3.05, 3.63) is 30.3 Å². The molecule has 0 aliphatic rings. The zero-order chi connectivity index (χ0) is 12.2. The Labute approximate surface area is 98.1 Å². The van der Waals surface area contributed by atoms with Gasteiger partial charge in [0.25, 0.3) is 0 Å². The summed E-state index contributed by atoms with van der Waals surface area (Å²) in [6.45, 7) is 6.34. The van der Waals surface area contributed by atoms with E-state index in [9.17, 15) is 8.42 Å². The molecule has 16 heavy (non-hydrogen) atoms. The minimum absolute atomic E-state index is 0.00911. The number of sulfonamides is 1.